The van der Waals surface area contributed by atoms with Crippen LogP contribution in [-0.2, 0) is 10.1 Å². The summed E-state index contributed by atoms with van der Waals surface area (Å²) in [5, 5.41) is 0.558. The van der Waals surface area contributed by atoms with Crippen molar-refractivity contribution in [1.82, 2.24) is 9.21 Å². The Kier molecular flexibility index (Phi) is 5.73. The fraction of sp³-hybridized carbons (Fsp3) is 0.462. The van der Waals surface area contributed by atoms with Gasteiger partial charge in [-0.15, -0.1) is 0 Å². The van der Waals surface area contributed by atoms with Crippen LogP contribution >= 0.6 is 27.9 Å². The number of halogens is 5. The molecule has 1 heterocycles. The monoisotopic (exact) mass is 400 g/mol. The highest BCUT2D eigenvalue weighted by Crippen LogP contribution is 2.30. The number of alkyl halides is 4. The quantitative estimate of drug-likeness (QED) is 0.441. The summed E-state index contributed by atoms with van der Waals surface area (Å²) in [6.45, 7) is 0.601. The fourth-order valence-corrected chi connectivity index (χ4v) is 3.75. The van der Waals surface area contributed by atoms with Crippen LogP contribution in [0.3, 0.4) is 0 Å². The van der Waals surface area contributed by atoms with Crippen molar-refractivity contribution in [3.05, 3.63) is 29.6 Å². The molecule has 0 bridgehead atoms. The Bertz CT molecular complexity index is 547. The van der Waals surface area contributed by atoms with E-state index in [9.17, 15) is 22.4 Å². The minimum atomic E-state index is -4.83. The molecule has 0 aromatic heterocycles. The first kappa shape index (κ1) is 17.6. The molecule has 0 unspecified atom stereocenters. The molecule has 1 amide bonds. The van der Waals surface area contributed by atoms with Crippen molar-refractivity contribution in [1.29, 1.82) is 0 Å². The zero-order valence-electron chi connectivity index (χ0n) is 11.4. The average Bonchev–Trinajstić information content (AvgIpc) is 2.46. The Morgan fingerprint density at radius 1 is 1.23 bits per heavy atom. The van der Waals surface area contributed by atoms with E-state index < -0.39 is 12.1 Å². The maximum absolute atomic E-state index is 13.3. The minimum absolute atomic E-state index is 0.00427. The Hall–Kier alpha value is -0.800. The van der Waals surface area contributed by atoms with Crippen LogP contribution in [-0.4, -0.2) is 47.5 Å². The first-order valence-electron chi connectivity index (χ1n) is 6.44. The SMILES string of the molecule is O=C(N1CCN(Sc2cc(F)ccc2CBr)CC1)C(F)(F)F. The minimum Gasteiger partial charge on any atom is -0.332 e. The van der Waals surface area contributed by atoms with Crippen LogP contribution in [0.2, 0.25) is 0 Å². The van der Waals surface area contributed by atoms with E-state index >= 15 is 0 Å². The molecule has 22 heavy (non-hydrogen) atoms. The van der Waals surface area contributed by atoms with Gasteiger partial charge >= 0.3 is 12.1 Å². The molecular formula is C13H13BrF4N2OS. The summed E-state index contributed by atoms with van der Waals surface area (Å²) >= 11 is 4.61. The lowest BCUT2D eigenvalue weighted by atomic mass is 10.2. The zero-order valence-corrected chi connectivity index (χ0v) is 13.8. The Balaban J connectivity index is 1.96. The number of carbonyl (C=O) groups excluding carboxylic acids is 1. The number of nitrogens with zero attached hydrogens (tertiary/aromatic N) is 2. The molecule has 1 aliphatic heterocycles. The van der Waals surface area contributed by atoms with Gasteiger partial charge in [-0.3, -0.25) is 4.79 Å². The van der Waals surface area contributed by atoms with Crippen LogP contribution in [0.5, 0.6) is 0 Å². The van der Waals surface area contributed by atoms with Gasteiger partial charge in [0, 0.05) is 36.4 Å². The second-order valence-electron chi connectivity index (χ2n) is 4.70. The fourth-order valence-electron chi connectivity index (χ4n) is 2.02. The van der Waals surface area contributed by atoms with Crippen LogP contribution in [0.1, 0.15) is 5.56 Å². The van der Waals surface area contributed by atoms with E-state index in [0.29, 0.717) is 23.3 Å². The summed E-state index contributed by atoms with van der Waals surface area (Å²) < 4.78 is 52.2. The molecular weight excluding hydrogens is 388 g/mol. The Labute approximate surface area is 137 Å². The highest BCUT2D eigenvalue weighted by atomic mass is 79.9. The maximum atomic E-state index is 13.3. The standard InChI is InChI=1S/C13H13BrF4N2OS/c14-8-9-1-2-10(15)7-11(9)22-20-5-3-19(4-6-20)12(21)13(16,17)18/h1-2,7H,3-6,8H2. The van der Waals surface area contributed by atoms with Gasteiger partial charge in [-0.05, 0) is 29.6 Å². The summed E-state index contributed by atoms with van der Waals surface area (Å²) in [7, 11) is 0. The van der Waals surface area contributed by atoms with Crippen LogP contribution in [0.4, 0.5) is 17.6 Å². The van der Waals surface area contributed by atoms with Gasteiger partial charge in [0.25, 0.3) is 0 Å². The molecule has 0 saturated carbocycles. The van der Waals surface area contributed by atoms with Gasteiger partial charge in [0.1, 0.15) is 5.82 Å². The van der Waals surface area contributed by atoms with Crippen molar-refractivity contribution in [2.75, 3.05) is 26.2 Å². The number of hydrogen-bond acceptors (Lipinski definition) is 3. The lowest BCUT2D eigenvalue weighted by molar-refractivity contribution is -0.186. The average molecular weight is 401 g/mol. The molecule has 0 atom stereocenters. The van der Waals surface area contributed by atoms with Crippen molar-refractivity contribution in [2.45, 2.75) is 16.4 Å². The number of benzene rings is 1. The van der Waals surface area contributed by atoms with Crippen molar-refractivity contribution in [2.24, 2.45) is 0 Å². The van der Waals surface area contributed by atoms with E-state index in [2.05, 4.69) is 15.9 Å². The molecule has 1 saturated heterocycles. The maximum Gasteiger partial charge on any atom is 0.471 e. The number of piperazine rings is 1. The second kappa shape index (κ2) is 7.18. The van der Waals surface area contributed by atoms with Crippen molar-refractivity contribution in [3.63, 3.8) is 0 Å². The zero-order chi connectivity index (χ0) is 16.3. The summed E-state index contributed by atoms with van der Waals surface area (Å²) in [6, 6.07) is 4.42. The third-order valence-corrected chi connectivity index (χ3v) is 4.97. The molecule has 1 fully saturated rings. The van der Waals surface area contributed by atoms with Gasteiger partial charge in [-0.2, -0.15) is 13.2 Å². The highest BCUT2D eigenvalue weighted by molar-refractivity contribution is 9.08. The first-order chi connectivity index (χ1) is 10.3. The molecule has 0 radical (unpaired) electrons. The van der Waals surface area contributed by atoms with Crippen LogP contribution in [0.25, 0.3) is 0 Å². The Morgan fingerprint density at radius 2 is 1.86 bits per heavy atom. The third-order valence-electron chi connectivity index (χ3n) is 3.17. The highest BCUT2D eigenvalue weighted by Gasteiger charge is 2.43. The lowest BCUT2D eigenvalue weighted by Gasteiger charge is -2.34. The number of carbonyl (C=O) groups is 1. The molecule has 1 aliphatic rings. The van der Waals surface area contributed by atoms with Crippen LogP contribution in [0.15, 0.2) is 23.1 Å². The van der Waals surface area contributed by atoms with Gasteiger partial charge in [-0.1, -0.05) is 22.0 Å². The number of hydrogen-bond donors (Lipinski definition) is 0. The summed E-state index contributed by atoms with van der Waals surface area (Å²) in [4.78, 5) is 12.7. The normalized spacial score (nSPS) is 16.9. The van der Waals surface area contributed by atoms with Crippen molar-refractivity contribution >= 4 is 33.8 Å². The number of amides is 1. The predicted molar refractivity (Wildman–Crippen MR) is 79.1 cm³/mol. The first-order valence-corrected chi connectivity index (χ1v) is 8.34. The molecule has 0 N–H and O–H groups in total. The molecule has 1 aromatic carbocycles. The Morgan fingerprint density at radius 3 is 2.41 bits per heavy atom. The summed E-state index contributed by atoms with van der Waals surface area (Å²) in [5.41, 5.74) is 0.903. The molecule has 3 nitrogen and oxygen atoms in total. The smallest absolute Gasteiger partial charge is 0.332 e. The van der Waals surface area contributed by atoms with E-state index in [4.69, 9.17) is 0 Å². The molecule has 1 aromatic rings. The van der Waals surface area contributed by atoms with Crippen molar-refractivity contribution < 1.29 is 22.4 Å². The van der Waals surface area contributed by atoms with E-state index in [1.807, 2.05) is 4.31 Å². The van der Waals surface area contributed by atoms with Gasteiger partial charge < -0.3 is 4.90 Å². The van der Waals surface area contributed by atoms with Gasteiger partial charge in [0.2, 0.25) is 0 Å². The van der Waals surface area contributed by atoms with E-state index in [-0.39, 0.29) is 18.9 Å². The second-order valence-corrected chi connectivity index (χ2v) is 6.40. The predicted octanol–water partition coefficient (Wildman–Crippen LogP) is 3.43. The van der Waals surface area contributed by atoms with Crippen LogP contribution in [0, 0.1) is 5.82 Å². The third kappa shape index (κ3) is 4.36. The molecule has 0 aliphatic carbocycles. The number of rotatable bonds is 3. The van der Waals surface area contributed by atoms with Gasteiger partial charge in [0.05, 0.1) is 0 Å². The topological polar surface area (TPSA) is 23.6 Å². The lowest BCUT2D eigenvalue weighted by Crippen LogP contribution is -2.50. The van der Waals surface area contributed by atoms with E-state index in [1.165, 1.54) is 24.1 Å². The van der Waals surface area contributed by atoms with Crippen LogP contribution < -0.4 is 0 Å². The molecule has 122 valence electrons. The largest absolute Gasteiger partial charge is 0.471 e. The molecule has 0 spiro atoms. The van der Waals surface area contributed by atoms with Gasteiger partial charge in [0.15, 0.2) is 0 Å². The summed E-state index contributed by atoms with van der Waals surface area (Å²) in [6.07, 6.45) is -4.83. The molecule has 2 rings (SSSR count). The van der Waals surface area contributed by atoms with E-state index in [0.717, 1.165) is 10.5 Å². The van der Waals surface area contributed by atoms with E-state index in [1.54, 1.807) is 6.07 Å². The van der Waals surface area contributed by atoms with Crippen molar-refractivity contribution in [3.8, 4) is 0 Å². The van der Waals surface area contributed by atoms with Gasteiger partial charge in [-0.25, -0.2) is 8.70 Å². The summed E-state index contributed by atoms with van der Waals surface area (Å²) in [5.74, 6) is -2.16. The molecule has 9 heteroatoms.